The van der Waals surface area contributed by atoms with Gasteiger partial charge in [0.1, 0.15) is 5.82 Å². The van der Waals surface area contributed by atoms with Crippen LogP contribution in [0.3, 0.4) is 0 Å². The topological polar surface area (TPSA) is 58.2 Å². The highest BCUT2D eigenvalue weighted by Gasteiger charge is 2.18. The van der Waals surface area contributed by atoms with E-state index in [1.54, 1.807) is 12.1 Å². The van der Waals surface area contributed by atoms with Gasteiger partial charge in [-0.3, -0.25) is 9.59 Å². The van der Waals surface area contributed by atoms with Gasteiger partial charge >= 0.3 is 0 Å². The number of carbonyl (C=O) groups excluding carboxylic acids is 2. The third kappa shape index (κ3) is 6.17. The molecule has 1 atom stereocenters. The zero-order valence-electron chi connectivity index (χ0n) is 18.3. The van der Waals surface area contributed by atoms with Crippen molar-refractivity contribution in [1.82, 2.24) is 0 Å². The largest absolute Gasteiger partial charge is 0.324 e. The van der Waals surface area contributed by atoms with Gasteiger partial charge in [-0.25, -0.2) is 4.39 Å². The fourth-order valence-corrected chi connectivity index (χ4v) is 3.47. The quantitative estimate of drug-likeness (QED) is 0.420. The summed E-state index contributed by atoms with van der Waals surface area (Å²) < 4.78 is 13.1. The zero-order chi connectivity index (χ0) is 23.3. The fraction of sp³-hybridized carbons (Fsp3) is 0.231. The molecule has 0 aliphatic carbocycles. The third-order valence-corrected chi connectivity index (χ3v) is 5.44. The van der Waals surface area contributed by atoms with Crippen LogP contribution in [0.25, 0.3) is 0 Å². The molecule has 3 aromatic carbocycles. The minimum atomic E-state index is -0.393. The Bertz CT molecular complexity index is 1100. The van der Waals surface area contributed by atoms with E-state index in [-0.39, 0.29) is 11.7 Å². The summed E-state index contributed by atoms with van der Waals surface area (Å²) in [6.07, 6.45) is 0.989. The van der Waals surface area contributed by atoms with E-state index in [9.17, 15) is 14.0 Å². The molecule has 3 aromatic rings. The molecule has 0 fully saturated rings. The highest BCUT2D eigenvalue weighted by atomic mass is 35.5. The van der Waals surface area contributed by atoms with Crippen LogP contribution in [0.1, 0.15) is 48.2 Å². The molecule has 0 bridgehead atoms. The summed E-state index contributed by atoms with van der Waals surface area (Å²) in [4.78, 5) is 25.4. The maximum atomic E-state index is 13.1. The summed E-state index contributed by atoms with van der Waals surface area (Å²) in [5.74, 6) is -0.826. The van der Waals surface area contributed by atoms with Crippen molar-refractivity contribution in [2.75, 3.05) is 10.6 Å². The van der Waals surface area contributed by atoms with Gasteiger partial charge in [-0.1, -0.05) is 49.7 Å². The molecule has 3 rings (SSSR count). The van der Waals surface area contributed by atoms with E-state index in [4.69, 9.17) is 11.6 Å². The maximum absolute atomic E-state index is 13.1. The summed E-state index contributed by atoms with van der Waals surface area (Å²) >= 11 is 6.25. The predicted octanol–water partition coefficient (Wildman–Crippen LogP) is 6.67. The fourth-order valence-electron chi connectivity index (χ4n) is 3.30. The van der Waals surface area contributed by atoms with Gasteiger partial charge in [0.05, 0.1) is 16.6 Å². The molecule has 0 aromatic heterocycles. The Morgan fingerprint density at radius 1 is 0.906 bits per heavy atom. The highest BCUT2D eigenvalue weighted by Crippen LogP contribution is 2.26. The van der Waals surface area contributed by atoms with Crippen LogP contribution in [0.2, 0.25) is 5.02 Å². The van der Waals surface area contributed by atoms with Crippen LogP contribution in [0.5, 0.6) is 0 Å². The van der Waals surface area contributed by atoms with Crippen LogP contribution >= 0.6 is 11.6 Å². The van der Waals surface area contributed by atoms with Gasteiger partial charge in [0.15, 0.2) is 0 Å². The van der Waals surface area contributed by atoms with Crippen molar-refractivity contribution in [3.8, 4) is 0 Å². The highest BCUT2D eigenvalue weighted by molar-refractivity contribution is 6.34. The number of hydrogen-bond donors (Lipinski definition) is 2. The maximum Gasteiger partial charge on any atom is 0.255 e. The van der Waals surface area contributed by atoms with E-state index in [0.717, 1.165) is 12.0 Å². The molecule has 0 saturated heterocycles. The number of benzene rings is 3. The van der Waals surface area contributed by atoms with E-state index >= 15 is 0 Å². The zero-order valence-corrected chi connectivity index (χ0v) is 19.0. The van der Waals surface area contributed by atoms with Crippen molar-refractivity contribution in [1.29, 1.82) is 0 Å². The van der Waals surface area contributed by atoms with Crippen LogP contribution in [0.4, 0.5) is 15.8 Å². The van der Waals surface area contributed by atoms with Crippen LogP contribution in [-0.2, 0) is 11.2 Å². The second-order valence-corrected chi connectivity index (χ2v) is 8.61. The lowest BCUT2D eigenvalue weighted by Gasteiger charge is -2.15. The molecule has 0 saturated carbocycles. The molecular weight excluding hydrogens is 427 g/mol. The molecule has 0 aliphatic rings. The van der Waals surface area contributed by atoms with Crippen molar-refractivity contribution < 1.29 is 14.0 Å². The average Bonchev–Trinajstić information content (AvgIpc) is 2.76. The molecule has 32 heavy (non-hydrogen) atoms. The standard InChI is InChI=1S/C26H26ClFN2O2/c1-16(2)14-18-4-6-19(7-5-18)17(3)25(31)30-24-15-20(8-13-23(24)27)26(32)29-22-11-9-21(28)10-12-22/h4-13,15-17H,14H2,1-3H3,(H,29,32)(H,30,31)/t17-/m1/s1. The minimum absolute atomic E-state index is 0.223. The molecule has 166 valence electrons. The molecule has 6 heteroatoms. The molecule has 0 aliphatic heterocycles. The van der Waals surface area contributed by atoms with Gasteiger partial charge in [0.25, 0.3) is 5.91 Å². The second-order valence-electron chi connectivity index (χ2n) is 8.21. The Hall–Kier alpha value is -3.18. The molecule has 2 amide bonds. The first-order valence-electron chi connectivity index (χ1n) is 10.5. The van der Waals surface area contributed by atoms with Crippen molar-refractivity contribution in [3.05, 3.63) is 94.3 Å². The van der Waals surface area contributed by atoms with Crippen molar-refractivity contribution in [3.63, 3.8) is 0 Å². The molecule has 0 unspecified atom stereocenters. The van der Waals surface area contributed by atoms with E-state index in [1.807, 2.05) is 31.2 Å². The van der Waals surface area contributed by atoms with Gasteiger partial charge in [0, 0.05) is 11.3 Å². The van der Waals surface area contributed by atoms with Crippen molar-refractivity contribution >= 4 is 34.8 Å². The predicted molar refractivity (Wildman–Crippen MR) is 128 cm³/mol. The number of hydrogen-bond acceptors (Lipinski definition) is 2. The van der Waals surface area contributed by atoms with Crippen molar-refractivity contribution in [2.45, 2.75) is 33.1 Å². The SMILES string of the molecule is CC(C)Cc1ccc([C@@H](C)C(=O)Nc2cc(C(=O)Nc3ccc(F)cc3)ccc2Cl)cc1. The van der Waals surface area contributed by atoms with Gasteiger partial charge in [0.2, 0.25) is 5.91 Å². The molecule has 4 nitrogen and oxygen atoms in total. The first kappa shape index (κ1) is 23.5. The van der Waals surface area contributed by atoms with Gasteiger partial charge < -0.3 is 10.6 Å². The lowest BCUT2D eigenvalue weighted by atomic mass is 9.96. The second kappa shape index (κ2) is 10.4. The monoisotopic (exact) mass is 452 g/mol. The lowest BCUT2D eigenvalue weighted by Crippen LogP contribution is -2.20. The van der Waals surface area contributed by atoms with Gasteiger partial charge in [-0.05, 0) is 72.9 Å². The molecule has 2 N–H and O–H groups in total. The number of rotatable bonds is 7. The number of amides is 2. The Labute approximate surface area is 192 Å². The first-order chi connectivity index (χ1) is 15.2. The summed E-state index contributed by atoms with van der Waals surface area (Å²) in [6, 6.07) is 18.2. The Morgan fingerprint density at radius 3 is 2.19 bits per heavy atom. The number of anilines is 2. The van der Waals surface area contributed by atoms with E-state index in [2.05, 4.69) is 24.5 Å². The number of nitrogens with one attached hydrogen (secondary N) is 2. The van der Waals surface area contributed by atoms with E-state index < -0.39 is 11.8 Å². The van der Waals surface area contributed by atoms with Gasteiger partial charge in [-0.15, -0.1) is 0 Å². The number of halogens is 2. The lowest BCUT2D eigenvalue weighted by molar-refractivity contribution is -0.117. The Morgan fingerprint density at radius 2 is 1.56 bits per heavy atom. The molecular formula is C26H26ClFN2O2. The summed E-state index contributed by atoms with van der Waals surface area (Å²) in [5, 5.41) is 5.84. The minimum Gasteiger partial charge on any atom is -0.324 e. The van der Waals surface area contributed by atoms with E-state index in [1.165, 1.54) is 35.9 Å². The van der Waals surface area contributed by atoms with Crippen LogP contribution < -0.4 is 10.6 Å². The molecule has 0 spiro atoms. The van der Waals surface area contributed by atoms with Gasteiger partial charge in [-0.2, -0.15) is 0 Å². The normalized spacial score (nSPS) is 11.8. The third-order valence-electron chi connectivity index (χ3n) is 5.11. The smallest absolute Gasteiger partial charge is 0.255 e. The average molecular weight is 453 g/mol. The molecule has 0 radical (unpaired) electrons. The molecule has 0 heterocycles. The summed E-state index contributed by atoms with van der Waals surface area (Å²) in [6.45, 7) is 6.16. The Kier molecular flexibility index (Phi) is 7.65. The van der Waals surface area contributed by atoms with Crippen LogP contribution in [-0.4, -0.2) is 11.8 Å². The summed E-state index contributed by atoms with van der Waals surface area (Å²) in [7, 11) is 0. The summed E-state index contributed by atoms with van der Waals surface area (Å²) in [5.41, 5.74) is 3.27. The van der Waals surface area contributed by atoms with E-state index in [0.29, 0.717) is 27.9 Å². The number of carbonyl (C=O) groups is 2. The first-order valence-corrected chi connectivity index (χ1v) is 10.9. The Balaban J connectivity index is 1.70. The van der Waals surface area contributed by atoms with Crippen molar-refractivity contribution in [2.24, 2.45) is 5.92 Å². The van der Waals surface area contributed by atoms with Crippen LogP contribution in [0.15, 0.2) is 66.7 Å². The van der Waals surface area contributed by atoms with Crippen LogP contribution in [0, 0.1) is 11.7 Å².